The van der Waals surface area contributed by atoms with E-state index in [4.69, 9.17) is 17.0 Å². The molecule has 0 atom stereocenters. The molecule has 4 nitrogen and oxygen atoms in total. The van der Waals surface area contributed by atoms with E-state index in [9.17, 15) is 13.0 Å². The molecular weight excluding hydrogens is 419 g/mol. The van der Waals surface area contributed by atoms with Crippen LogP contribution in [0.15, 0.2) is 47.4 Å². The molecule has 0 saturated heterocycles. The van der Waals surface area contributed by atoms with Crippen LogP contribution in [0.4, 0.5) is 0 Å². The van der Waals surface area contributed by atoms with Crippen molar-refractivity contribution in [1.82, 2.24) is 0 Å². The summed E-state index contributed by atoms with van der Waals surface area (Å²) in [6.07, 6.45) is 0. The van der Waals surface area contributed by atoms with E-state index in [0.29, 0.717) is 9.39 Å². The largest absolute Gasteiger partial charge is 1.00 e. The molecule has 3 aromatic rings. The predicted molar refractivity (Wildman–Crippen MR) is 105 cm³/mol. The minimum Gasteiger partial charge on any atom is -0.495 e. The van der Waals surface area contributed by atoms with E-state index in [1.807, 2.05) is 31.2 Å². The average Bonchev–Trinajstić information content (AvgIpc) is 2.95. The Morgan fingerprint density at radius 3 is 2.42 bits per heavy atom. The number of rotatable bonds is 4. The standard InChI is InChI=1S/C17H14O4S4.Na/c1-10-5-3-4-6-12(10)16-15(17(22)24-23-16)11-7-8-13(21-2)14(9-11)25(18,19)20;/h3-9H,1-2H3,(H,18,19,20);/q;+1. The van der Waals surface area contributed by atoms with Crippen LogP contribution < -0.4 is 34.3 Å². The summed E-state index contributed by atoms with van der Waals surface area (Å²) >= 11 is 5.48. The maximum atomic E-state index is 11.7. The van der Waals surface area contributed by atoms with Crippen molar-refractivity contribution < 1.29 is 47.3 Å². The molecule has 2 aromatic carbocycles. The third kappa shape index (κ3) is 4.28. The zero-order chi connectivity index (χ0) is 18.2. The second-order valence-electron chi connectivity index (χ2n) is 5.31. The van der Waals surface area contributed by atoms with E-state index in [-0.39, 0.29) is 40.2 Å². The van der Waals surface area contributed by atoms with Crippen molar-refractivity contribution in [2.24, 2.45) is 0 Å². The summed E-state index contributed by atoms with van der Waals surface area (Å²) in [6.45, 7) is 2.02. The van der Waals surface area contributed by atoms with Crippen LogP contribution in [0, 0.1) is 10.7 Å². The second kappa shape index (κ2) is 8.62. The van der Waals surface area contributed by atoms with Gasteiger partial charge in [-0.1, -0.05) is 63.2 Å². The van der Waals surface area contributed by atoms with Gasteiger partial charge in [-0.25, -0.2) is 0 Å². The Kier molecular flexibility index (Phi) is 7.20. The molecule has 0 aliphatic heterocycles. The Labute approximate surface area is 186 Å². The van der Waals surface area contributed by atoms with Gasteiger partial charge in [-0.05, 0) is 35.7 Å². The van der Waals surface area contributed by atoms with Gasteiger partial charge in [-0.3, -0.25) is 4.55 Å². The van der Waals surface area contributed by atoms with Crippen LogP contribution in [0.2, 0.25) is 0 Å². The maximum absolute atomic E-state index is 11.7. The fourth-order valence-corrected chi connectivity index (χ4v) is 6.21. The Bertz CT molecular complexity index is 1100. The van der Waals surface area contributed by atoms with Gasteiger partial charge in [0.05, 0.1) is 12.0 Å². The first-order valence-corrected chi connectivity index (χ1v) is 11.2. The summed E-state index contributed by atoms with van der Waals surface area (Å²) in [4.78, 5) is 0.716. The number of aryl methyl sites for hydroxylation is 1. The number of methoxy groups -OCH3 is 1. The summed E-state index contributed by atoms with van der Waals surface area (Å²) in [5.74, 6) is 0.0912. The first-order valence-electron chi connectivity index (χ1n) is 7.18. The molecule has 0 bridgehead atoms. The van der Waals surface area contributed by atoms with Crippen molar-refractivity contribution >= 4 is 43.0 Å². The minimum absolute atomic E-state index is 0. The van der Waals surface area contributed by atoms with Crippen LogP contribution in [-0.2, 0) is 10.1 Å². The average molecular weight is 434 g/mol. The van der Waals surface area contributed by atoms with Gasteiger partial charge in [0.25, 0.3) is 10.1 Å². The molecule has 1 heterocycles. The second-order valence-corrected chi connectivity index (χ2v) is 9.52. The molecule has 0 spiro atoms. The Balaban J connectivity index is 0.00000243. The summed E-state index contributed by atoms with van der Waals surface area (Å²) < 4.78 is 38.6. The molecule has 9 heteroatoms. The molecule has 0 aliphatic rings. The molecule has 130 valence electrons. The number of hydrogen-bond acceptors (Lipinski definition) is 6. The van der Waals surface area contributed by atoms with Crippen LogP contribution in [0.1, 0.15) is 5.56 Å². The van der Waals surface area contributed by atoms with E-state index >= 15 is 0 Å². The molecule has 0 fully saturated rings. The summed E-state index contributed by atoms with van der Waals surface area (Å²) in [5.41, 5.74) is 3.59. The third-order valence-electron chi connectivity index (χ3n) is 3.75. The minimum atomic E-state index is -4.41. The zero-order valence-corrected chi connectivity index (χ0v) is 19.6. The molecule has 0 aliphatic carbocycles. The summed E-state index contributed by atoms with van der Waals surface area (Å²) in [7, 11) is -0.0332. The van der Waals surface area contributed by atoms with Crippen molar-refractivity contribution in [2.75, 3.05) is 7.11 Å². The number of ether oxygens (including phenoxy) is 1. The van der Waals surface area contributed by atoms with Gasteiger partial charge in [0.2, 0.25) is 0 Å². The van der Waals surface area contributed by atoms with Crippen molar-refractivity contribution in [3.8, 4) is 27.3 Å². The molecule has 1 aromatic heterocycles. The summed E-state index contributed by atoms with van der Waals surface area (Å²) in [6, 6.07) is 12.6. The van der Waals surface area contributed by atoms with Gasteiger partial charge >= 0.3 is 29.6 Å². The van der Waals surface area contributed by atoms with Crippen LogP contribution in [0.3, 0.4) is 0 Å². The molecule has 0 amide bonds. The topological polar surface area (TPSA) is 63.6 Å². The van der Waals surface area contributed by atoms with Gasteiger partial charge in [0.1, 0.15) is 14.5 Å². The zero-order valence-electron chi connectivity index (χ0n) is 14.3. The van der Waals surface area contributed by atoms with Gasteiger partial charge < -0.3 is 4.74 Å². The number of hydrogen-bond donors (Lipinski definition) is 1. The third-order valence-corrected chi connectivity index (χ3v) is 7.68. The fourth-order valence-electron chi connectivity index (χ4n) is 2.55. The van der Waals surface area contributed by atoms with Crippen LogP contribution in [-0.4, -0.2) is 20.1 Å². The van der Waals surface area contributed by atoms with E-state index in [2.05, 4.69) is 0 Å². The van der Waals surface area contributed by atoms with Crippen molar-refractivity contribution in [3.05, 3.63) is 51.9 Å². The normalized spacial score (nSPS) is 11.0. The van der Waals surface area contributed by atoms with E-state index in [0.717, 1.165) is 21.6 Å². The van der Waals surface area contributed by atoms with E-state index < -0.39 is 10.1 Å². The predicted octanol–water partition coefficient (Wildman–Crippen LogP) is 2.44. The molecule has 0 saturated carbocycles. The van der Waals surface area contributed by atoms with Crippen LogP contribution in [0.5, 0.6) is 5.75 Å². The van der Waals surface area contributed by atoms with Gasteiger partial charge in [-0.15, -0.1) is 0 Å². The maximum Gasteiger partial charge on any atom is 1.00 e. The van der Waals surface area contributed by atoms with E-state index in [1.165, 1.54) is 29.6 Å². The Morgan fingerprint density at radius 2 is 1.81 bits per heavy atom. The molecule has 0 radical (unpaired) electrons. The van der Waals surface area contributed by atoms with Crippen LogP contribution in [0.25, 0.3) is 21.6 Å². The van der Waals surface area contributed by atoms with Crippen molar-refractivity contribution in [1.29, 1.82) is 0 Å². The van der Waals surface area contributed by atoms with Crippen molar-refractivity contribution in [3.63, 3.8) is 0 Å². The molecular formula is C17H14NaO4S4+. The quantitative estimate of drug-likeness (QED) is 0.296. The SMILES string of the molecule is COc1ccc(-c2c(-c3ccccc3C)ssc2=S)cc1S(=O)(=O)O.[Na+]. The molecule has 0 unspecified atom stereocenters. The Morgan fingerprint density at radius 1 is 1.12 bits per heavy atom. The van der Waals surface area contributed by atoms with E-state index in [1.54, 1.807) is 16.4 Å². The summed E-state index contributed by atoms with van der Waals surface area (Å²) in [5, 5.41) is 0. The molecule has 3 rings (SSSR count). The first-order chi connectivity index (χ1) is 11.8. The van der Waals surface area contributed by atoms with Gasteiger partial charge in [-0.2, -0.15) is 8.42 Å². The smallest absolute Gasteiger partial charge is 0.495 e. The molecule has 26 heavy (non-hydrogen) atoms. The fraction of sp³-hybridized carbons (Fsp3) is 0.118. The van der Waals surface area contributed by atoms with Gasteiger partial charge in [0, 0.05) is 5.56 Å². The first kappa shape index (κ1) is 21.7. The van der Waals surface area contributed by atoms with Gasteiger partial charge in [0.15, 0.2) is 0 Å². The molecule has 1 N–H and O–H groups in total. The van der Waals surface area contributed by atoms with Crippen LogP contribution >= 0.6 is 32.9 Å². The number of benzene rings is 2. The van der Waals surface area contributed by atoms with Crippen molar-refractivity contribution in [2.45, 2.75) is 11.8 Å². The monoisotopic (exact) mass is 433 g/mol. The Hall–Kier alpha value is -0.580.